The lowest BCUT2D eigenvalue weighted by atomic mass is 9.90. The highest BCUT2D eigenvalue weighted by atomic mass is 35.5. The summed E-state index contributed by atoms with van der Waals surface area (Å²) < 4.78 is 81.7. The van der Waals surface area contributed by atoms with E-state index in [-0.39, 0.29) is 28.5 Å². The molecule has 0 unspecified atom stereocenters. The van der Waals surface area contributed by atoms with Crippen LogP contribution in [-0.4, -0.2) is 70.7 Å². The van der Waals surface area contributed by atoms with Gasteiger partial charge in [-0.1, -0.05) is 25.4 Å². The maximum atomic E-state index is 13.7. The molecule has 0 bridgehead atoms. The van der Waals surface area contributed by atoms with Crippen molar-refractivity contribution in [3.8, 4) is 22.6 Å². The Morgan fingerprint density at radius 1 is 1.04 bits per heavy atom. The van der Waals surface area contributed by atoms with Crippen molar-refractivity contribution in [2.45, 2.75) is 70.5 Å². The Balaban J connectivity index is 1.31. The van der Waals surface area contributed by atoms with E-state index >= 15 is 0 Å². The van der Waals surface area contributed by atoms with Gasteiger partial charge in [-0.15, -0.1) is 0 Å². The molecule has 0 spiro atoms. The van der Waals surface area contributed by atoms with E-state index in [1.54, 1.807) is 17.1 Å². The predicted molar refractivity (Wildman–Crippen MR) is 159 cm³/mol. The van der Waals surface area contributed by atoms with Crippen molar-refractivity contribution in [2.24, 2.45) is 5.92 Å². The third-order valence-corrected chi connectivity index (χ3v) is 7.62. The normalized spacial score (nSPS) is 17.1. The first-order valence-electron chi connectivity index (χ1n) is 14.6. The Morgan fingerprint density at radius 2 is 1.79 bits per heavy atom. The summed E-state index contributed by atoms with van der Waals surface area (Å²) >= 11 is 6.01. The van der Waals surface area contributed by atoms with E-state index in [1.807, 2.05) is 5.32 Å². The molecule has 0 radical (unpaired) electrons. The summed E-state index contributed by atoms with van der Waals surface area (Å²) in [5, 5.41) is 15.4. The van der Waals surface area contributed by atoms with Crippen LogP contribution in [0.25, 0.3) is 22.6 Å². The second kappa shape index (κ2) is 13.7. The maximum absolute atomic E-state index is 13.7. The first kappa shape index (κ1) is 33.9. The number of alkyl halides is 6. The third-order valence-electron chi connectivity index (χ3n) is 7.33. The zero-order valence-electron chi connectivity index (χ0n) is 25.1. The molecule has 0 aliphatic heterocycles. The van der Waals surface area contributed by atoms with E-state index in [0.717, 1.165) is 4.90 Å². The van der Waals surface area contributed by atoms with Crippen LogP contribution in [0, 0.1) is 5.92 Å². The number of nitrogens with zero attached hydrogens (tertiary/aromatic N) is 8. The van der Waals surface area contributed by atoms with Gasteiger partial charge in [-0.2, -0.15) is 36.5 Å². The summed E-state index contributed by atoms with van der Waals surface area (Å²) in [5.41, 5.74) is -0.647. The van der Waals surface area contributed by atoms with Gasteiger partial charge in [-0.25, -0.2) is 19.7 Å². The van der Waals surface area contributed by atoms with Crippen molar-refractivity contribution in [3.05, 3.63) is 47.8 Å². The molecule has 1 aliphatic carbocycles. The molecular weight excluding hydrogens is 656 g/mol. The Hall–Kier alpha value is -4.48. The zero-order chi connectivity index (χ0) is 33.9. The fourth-order valence-corrected chi connectivity index (χ4v) is 5.40. The van der Waals surface area contributed by atoms with E-state index in [9.17, 15) is 31.1 Å². The Bertz CT molecular complexity index is 1660. The van der Waals surface area contributed by atoms with E-state index in [2.05, 4.69) is 54.4 Å². The molecular formula is C28H30ClF6N11O. The number of amides is 2. The monoisotopic (exact) mass is 685 g/mol. The molecule has 0 aromatic carbocycles. The Morgan fingerprint density at radius 3 is 2.38 bits per heavy atom. The number of halogens is 7. The highest BCUT2D eigenvalue weighted by molar-refractivity contribution is 6.32. The fraction of sp³-hybridized carbons (Fsp3) is 0.464. The summed E-state index contributed by atoms with van der Waals surface area (Å²) in [7, 11) is 0. The van der Waals surface area contributed by atoms with Gasteiger partial charge in [0.25, 0.3) is 0 Å². The van der Waals surface area contributed by atoms with Gasteiger partial charge in [0.15, 0.2) is 5.82 Å². The van der Waals surface area contributed by atoms with Crippen molar-refractivity contribution in [1.29, 1.82) is 0 Å². The van der Waals surface area contributed by atoms with Gasteiger partial charge in [0.2, 0.25) is 5.95 Å². The molecule has 19 heteroatoms. The standard InChI is InChI=1S/C28H30ClF6N11O/c1-15(2)12-45-13-16(7-41-45)21-10-37-22(11-36-21)46(26(47)39-14-27(30,31)32)18-5-3-17(4-6-18)42-25-38-8-19(28(33,34)35)23(43-25)24-20(29)9-40-44-24/h7-11,13,15,17-18H,3-6,12,14H2,1-2H3,(H,39,47)(H,40,44)(H,38,42,43)/t17-,18-. The highest BCUT2D eigenvalue weighted by Gasteiger charge is 2.38. The summed E-state index contributed by atoms with van der Waals surface area (Å²) in [6.45, 7) is 3.26. The summed E-state index contributed by atoms with van der Waals surface area (Å²) in [6.07, 6.45) is 0.0702. The van der Waals surface area contributed by atoms with E-state index in [0.29, 0.717) is 55.6 Å². The summed E-state index contributed by atoms with van der Waals surface area (Å²) in [4.78, 5) is 30.9. The van der Waals surface area contributed by atoms with Gasteiger partial charge in [0, 0.05) is 42.8 Å². The quantitative estimate of drug-likeness (QED) is 0.173. The number of aromatic nitrogens is 8. The number of rotatable bonds is 9. The van der Waals surface area contributed by atoms with Crippen molar-refractivity contribution in [3.63, 3.8) is 0 Å². The van der Waals surface area contributed by atoms with Crippen LogP contribution in [0.1, 0.15) is 45.1 Å². The van der Waals surface area contributed by atoms with Gasteiger partial charge in [0.1, 0.15) is 23.5 Å². The molecule has 1 fully saturated rings. The smallest absolute Gasteiger partial charge is 0.351 e. The van der Waals surface area contributed by atoms with Crippen LogP contribution in [-0.2, 0) is 12.7 Å². The molecule has 2 amide bonds. The van der Waals surface area contributed by atoms with Crippen molar-refractivity contribution in [2.75, 3.05) is 16.8 Å². The van der Waals surface area contributed by atoms with Gasteiger partial charge in [0.05, 0.1) is 29.3 Å². The second-order valence-corrected chi connectivity index (χ2v) is 11.8. The van der Waals surface area contributed by atoms with Gasteiger partial charge < -0.3 is 10.6 Å². The molecule has 252 valence electrons. The molecule has 12 nitrogen and oxygen atoms in total. The topological polar surface area (TPSA) is 142 Å². The largest absolute Gasteiger partial charge is 0.420 e. The zero-order valence-corrected chi connectivity index (χ0v) is 25.8. The number of hydrogen-bond donors (Lipinski definition) is 3. The average molecular weight is 686 g/mol. The number of carbonyl (C=O) groups excluding carboxylic acids is 1. The molecule has 1 aliphatic rings. The number of nitrogens with one attached hydrogen (secondary N) is 3. The minimum atomic E-state index is -4.76. The molecule has 0 atom stereocenters. The summed E-state index contributed by atoms with van der Waals surface area (Å²) in [5.74, 6) is 0.339. The van der Waals surface area contributed by atoms with Crippen LogP contribution in [0.2, 0.25) is 5.02 Å². The van der Waals surface area contributed by atoms with Crippen molar-refractivity contribution >= 4 is 29.4 Å². The number of hydrogen-bond acceptors (Lipinski definition) is 8. The number of urea groups is 1. The number of aromatic amines is 1. The average Bonchev–Trinajstić information content (AvgIpc) is 3.65. The first-order valence-corrected chi connectivity index (χ1v) is 14.9. The minimum absolute atomic E-state index is 0.0538. The van der Waals surface area contributed by atoms with Gasteiger partial charge in [-0.3, -0.25) is 19.7 Å². The summed E-state index contributed by atoms with van der Waals surface area (Å²) in [6, 6.07) is -1.86. The number of carbonyl (C=O) groups is 1. The van der Waals surface area contributed by atoms with Crippen LogP contribution < -0.4 is 15.5 Å². The lowest BCUT2D eigenvalue weighted by Gasteiger charge is -2.36. The Kier molecular flexibility index (Phi) is 9.88. The fourth-order valence-electron chi connectivity index (χ4n) is 5.22. The van der Waals surface area contributed by atoms with Crippen molar-refractivity contribution in [1.82, 2.24) is 45.2 Å². The van der Waals surface area contributed by atoms with E-state index in [1.165, 1.54) is 18.6 Å². The molecule has 4 heterocycles. The third kappa shape index (κ3) is 8.47. The highest BCUT2D eigenvalue weighted by Crippen LogP contribution is 2.38. The molecule has 5 rings (SSSR count). The van der Waals surface area contributed by atoms with Crippen molar-refractivity contribution < 1.29 is 31.1 Å². The molecule has 4 aromatic heterocycles. The first-order chi connectivity index (χ1) is 22.2. The Labute approximate surface area is 269 Å². The lowest BCUT2D eigenvalue weighted by molar-refractivity contribution is -0.137. The predicted octanol–water partition coefficient (Wildman–Crippen LogP) is 6.35. The second-order valence-electron chi connectivity index (χ2n) is 11.4. The molecule has 3 N–H and O–H groups in total. The molecule has 47 heavy (non-hydrogen) atoms. The number of H-pyrrole nitrogens is 1. The molecule has 4 aromatic rings. The molecule has 1 saturated carbocycles. The van der Waals surface area contributed by atoms with Crippen LogP contribution in [0.3, 0.4) is 0 Å². The van der Waals surface area contributed by atoms with E-state index < -0.39 is 42.2 Å². The minimum Gasteiger partial charge on any atom is -0.351 e. The number of anilines is 2. The van der Waals surface area contributed by atoms with Gasteiger partial charge in [-0.05, 0) is 31.6 Å². The molecule has 0 saturated heterocycles. The van der Waals surface area contributed by atoms with Crippen LogP contribution >= 0.6 is 11.6 Å². The van der Waals surface area contributed by atoms with Crippen LogP contribution in [0.5, 0.6) is 0 Å². The lowest BCUT2D eigenvalue weighted by Crippen LogP contribution is -2.50. The van der Waals surface area contributed by atoms with E-state index in [4.69, 9.17) is 11.6 Å². The van der Waals surface area contributed by atoms with Crippen LogP contribution in [0.4, 0.5) is 42.9 Å². The SMILES string of the molecule is CC(C)Cn1cc(-c2cnc(N(C(=O)NCC(F)(F)F)[C@H]3CC[C@H](Nc4ncc(C(F)(F)F)c(-c5n[nH]cc5Cl)n4)CC3)cn2)cn1. The van der Waals surface area contributed by atoms with Gasteiger partial charge >= 0.3 is 18.4 Å². The van der Waals surface area contributed by atoms with Crippen LogP contribution in [0.15, 0.2) is 37.2 Å². The maximum Gasteiger partial charge on any atom is 0.420 e.